The number of ether oxygens (including phenoxy) is 1. The number of halogens is 1. The number of carbonyl (C=O) groups excluding carboxylic acids is 4. The SMILES string of the molecule is CC(C)(C)NC(=O)N[C@H](C(=O)N1C[C@H](Oc2ccc(Cl)cn2)CC1C(=O)N[C@@H](CC1CCC1)C(O)C(=O)NC1CC1)C(C)(C)C. The van der Waals surface area contributed by atoms with E-state index in [1.807, 2.05) is 41.5 Å². The minimum absolute atomic E-state index is 0.0619. The smallest absolute Gasteiger partial charge is 0.315 e. The zero-order valence-corrected chi connectivity index (χ0v) is 27.9. The molecule has 0 bridgehead atoms. The first-order valence-corrected chi connectivity index (χ1v) is 16.3. The third-order valence-electron chi connectivity index (χ3n) is 8.43. The van der Waals surface area contributed by atoms with Gasteiger partial charge in [-0.1, -0.05) is 51.6 Å². The van der Waals surface area contributed by atoms with Crippen LogP contribution in [0.25, 0.3) is 0 Å². The molecule has 250 valence electrons. The second kappa shape index (κ2) is 14.1. The topological polar surface area (TPSA) is 162 Å². The molecule has 1 saturated heterocycles. The van der Waals surface area contributed by atoms with Gasteiger partial charge in [-0.05, 0) is 57.4 Å². The maximum absolute atomic E-state index is 14.2. The number of aliphatic hydroxyl groups is 1. The molecule has 12 nitrogen and oxygen atoms in total. The van der Waals surface area contributed by atoms with Gasteiger partial charge in [0.25, 0.3) is 5.91 Å². The van der Waals surface area contributed by atoms with Gasteiger partial charge >= 0.3 is 6.03 Å². The van der Waals surface area contributed by atoms with Gasteiger partial charge in [0, 0.05) is 30.3 Å². The Morgan fingerprint density at radius 2 is 1.76 bits per heavy atom. The number of aromatic nitrogens is 1. The van der Waals surface area contributed by atoms with Crippen LogP contribution in [0, 0.1) is 11.3 Å². The zero-order valence-electron chi connectivity index (χ0n) is 27.2. The average Bonchev–Trinajstić information content (AvgIpc) is 3.62. The molecule has 2 heterocycles. The summed E-state index contributed by atoms with van der Waals surface area (Å²) in [5.41, 5.74) is -1.23. The van der Waals surface area contributed by atoms with Crippen molar-refractivity contribution in [2.24, 2.45) is 11.3 Å². The molecule has 5 atom stereocenters. The van der Waals surface area contributed by atoms with Crippen LogP contribution in [0.2, 0.25) is 5.02 Å². The molecule has 2 saturated carbocycles. The van der Waals surface area contributed by atoms with E-state index in [1.165, 1.54) is 11.1 Å². The minimum atomic E-state index is -1.42. The molecule has 0 spiro atoms. The summed E-state index contributed by atoms with van der Waals surface area (Å²) in [6.07, 6.45) is 4.80. The third-order valence-corrected chi connectivity index (χ3v) is 8.65. The molecule has 0 radical (unpaired) electrons. The fraction of sp³-hybridized carbons (Fsp3) is 0.719. The van der Waals surface area contributed by atoms with Crippen molar-refractivity contribution < 1.29 is 29.0 Å². The molecular weight excluding hydrogens is 600 g/mol. The lowest BCUT2D eigenvalue weighted by atomic mass is 9.79. The lowest BCUT2D eigenvalue weighted by Crippen LogP contribution is -2.61. The van der Waals surface area contributed by atoms with Gasteiger partial charge in [0.1, 0.15) is 18.2 Å². The second-order valence-corrected chi connectivity index (χ2v) is 15.3. The van der Waals surface area contributed by atoms with Gasteiger partial charge in [-0.15, -0.1) is 0 Å². The van der Waals surface area contributed by atoms with Gasteiger partial charge in [0.2, 0.25) is 17.7 Å². The van der Waals surface area contributed by atoms with Crippen molar-refractivity contribution in [2.75, 3.05) is 6.54 Å². The first kappa shape index (κ1) is 34.7. The van der Waals surface area contributed by atoms with Gasteiger partial charge in [-0.25, -0.2) is 9.78 Å². The fourth-order valence-electron chi connectivity index (χ4n) is 5.63. The summed E-state index contributed by atoms with van der Waals surface area (Å²) in [6.45, 7) is 11.1. The molecule has 5 N–H and O–H groups in total. The van der Waals surface area contributed by atoms with Crippen molar-refractivity contribution in [3.8, 4) is 5.88 Å². The lowest BCUT2D eigenvalue weighted by Gasteiger charge is -2.37. The van der Waals surface area contributed by atoms with E-state index in [0.29, 0.717) is 23.2 Å². The van der Waals surface area contributed by atoms with Gasteiger partial charge in [-0.3, -0.25) is 14.4 Å². The summed E-state index contributed by atoms with van der Waals surface area (Å²) in [6, 6.07) is 0.0509. The molecule has 0 aromatic carbocycles. The molecular formula is C32H49ClN6O6. The Kier molecular flexibility index (Phi) is 10.9. The Hall–Kier alpha value is -3.12. The van der Waals surface area contributed by atoms with Crippen molar-refractivity contribution in [3.63, 3.8) is 0 Å². The van der Waals surface area contributed by atoms with Crippen LogP contribution in [-0.4, -0.2) is 87.2 Å². The van der Waals surface area contributed by atoms with Gasteiger partial charge in [-0.2, -0.15) is 0 Å². The van der Waals surface area contributed by atoms with E-state index in [0.717, 1.165) is 32.1 Å². The number of hydrogen-bond donors (Lipinski definition) is 5. The Balaban J connectivity index is 1.57. The number of aliphatic hydroxyl groups excluding tert-OH is 1. The highest BCUT2D eigenvalue weighted by Gasteiger charge is 2.47. The summed E-state index contributed by atoms with van der Waals surface area (Å²) < 4.78 is 6.08. The average molecular weight is 649 g/mol. The molecule has 3 fully saturated rings. The fourth-order valence-corrected chi connectivity index (χ4v) is 5.74. The predicted molar refractivity (Wildman–Crippen MR) is 170 cm³/mol. The Labute approximate surface area is 270 Å². The Morgan fingerprint density at radius 3 is 2.29 bits per heavy atom. The summed E-state index contributed by atoms with van der Waals surface area (Å²) in [4.78, 5) is 59.6. The highest BCUT2D eigenvalue weighted by molar-refractivity contribution is 6.30. The molecule has 5 amide bonds. The molecule has 1 aromatic rings. The predicted octanol–water partition coefficient (Wildman–Crippen LogP) is 2.91. The number of urea groups is 1. The third kappa shape index (κ3) is 9.93. The highest BCUT2D eigenvalue weighted by Crippen LogP contribution is 2.32. The number of carbonyl (C=O) groups is 4. The standard InChI is InChI=1S/C32H49ClN6O6/c1-31(2,3)26(37-30(44)38-32(4,5)6)29(43)39-17-21(45-24-13-10-19(33)16-34-24)15-23(39)27(41)36-22(14-18-8-7-9-18)25(40)28(42)35-20-11-12-20/h10,13,16,18,20-23,25-26,40H,7-9,11-12,14-15,17H2,1-6H3,(H,35,42)(H,36,41)(H2,37,38,44)/t21-,22+,23?,25?,26-/m1/s1. The van der Waals surface area contributed by atoms with Gasteiger partial charge in [0.05, 0.1) is 17.6 Å². The summed E-state index contributed by atoms with van der Waals surface area (Å²) in [7, 11) is 0. The minimum Gasteiger partial charge on any atom is -0.472 e. The first-order chi connectivity index (χ1) is 21.0. The van der Waals surface area contributed by atoms with Gasteiger partial charge in [0.15, 0.2) is 6.10 Å². The van der Waals surface area contributed by atoms with Crippen LogP contribution in [0.15, 0.2) is 18.3 Å². The molecule has 13 heteroatoms. The number of nitrogens with zero attached hydrogens (tertiary/aromatic N) is 2. The molecule has 2 aliphatic carbocycles. The first-order valence-electron chi connectivity index (χ1n) is 16.0. The largest absolute Gasteiger partial charge is 0.472 e. The number of hydrogen-bond acceptors (Lipinski definition) is 7. The molecule has 1 aliphatic heterocycles. The van der Waals surface area contributed by atoms with Crippen LogP contribution in [0.1, 0.15) is 86.5 Å². The van der Waals surface area contributed by atoms with E-state index in [1.54, 1.807) is 12.1 Å². The lowest BCUT2D eigenvalue weighted by molar-refractivity contribution is -0.143. The Bertz CT molecular complexity index is 1220. The number of likely N-dealkylation sites (tertiary alicyclic amines) is 1. The van der Waals surface area contributed by atoms with Crippen molar-refractivity contribution in [1.82, 2.24) is 31.2 Å². The maximum Gasteiger partial charge on any atom is 0.315 e. The van der Waals surface area contributed by atoms with Crippen molar-refractivity contribution >= 4 is 35.4 Å². The van der Waals surface area contributed by atoms with Crippen LogP contribution in [0.3, 0.4) is 0 Å². The number of pyridine rings is 1. The number of amides is 5. The second-order valence-electron chi connectivity index (χ2n) is 14.8. The van der Waals surface area contributed by atoms with Crippen LogP contribution in [0.5, 0.6) is 5.88 Å². The molecule has 2 unspecified atom stereocenters. The van der Waals surface area contributed by atoms with E-state index in [-0.39, 0.29) is 19.0 Å². The van der Waals surface area contributed by atoms with Gasteiger partial charge < -0.3 is 36.0 Å². The molecule has 45 heavy (non-hydrogen) atoms. The number of rotatable bonds is 11. The van der Waals surface area contributed by atoms with Crippen molar-refractivity contribution in [2.45, 2.75) is 128 Å². The van der Waals surface area contributed by atoms with E-state index in [2.05, 4.69) is 26.3 Å². The van der Waals surface area contributed by atoms with Crippen molar-refractivity contribution in [1.29, 1.82) is 0 Å². The maximum atomic E-state index is 14.2. The molecule has 3 aliphatic rings. The van der Waals surface area contributed by atoms with E-state index in [9.17, 15) is 24.3 Å². The molecule has 1 aromatic heterocycles. The van der Waals surface area contributed by atoms with E-state index < -0.39 is 65.0 Å². The van der Waals surface area contributed by atoms with Crippen LogP contribution in [-0.2, 0) is 14.4 Å². The van der Waals surface area contributed by atoms with Crippen LogP contribution >= 0.6 is 11.6 Å². The number of nitrogens with one attached hydrogen (secondary N) is 4. The monoisotopic (exact) mass is 648 g/mol. The highest BCUT2D eigenvalue weighted by atomic mass is 35.5. The quantitative estimate of drug-likeness (QED) is 0.246. The zero-order chi connectivity index (χ0) is 33.1. The summed E-state index contributed by atoms with van der Waals surface area (Å²) in [5.74, 6) is -0.846. The van der Waals surface area contributed by atoms with Crippen LogP contribution in [0.4, 0.5) is 4.79 Å². The summed E-state index contributed by atoms with van der Waals surface area (Å²) >= 11 is 5.98. The van der Waals surface area contributed by atoms with E-state index >= 15 is 0 Å². The summed E-state index contributed by atoms with van der Waals surface area (Å²) in [5, 5.41) is 22.9. The van der Waals surface area contributed by atoms with Crippen LogP contribution < -0.4 is 26.0 Å². The Morgan fingerprint density at radius 1 is 1.07 bits per heavy atom. The van der Waals surface area contributed by atoms with E-state index in [4.69, 9.17) is 16.3 Å². The molecule has 4 rings (SSSR count). The van der Waals surface area contributed by atoms with Crippen molar-refractivity contribution in [3.05, 3.63) is 23.4 Å². The normalized spacial score (nSPS) is 22.4.